The van der Waals surface area contributed by atoms with Crippen molar-refractivity contribution in [2.24, 2.45) is 17.8 Å². The number of unbranched alkanes of at least 4 members (excludes halogenated alkanes) is 3. The fourth-order valence-corrected chi connectivity index (χ4v) is 9.65. The average Bonchev–Trinajstić information content (AvgIpc) is 2.74. The van der Waals surface area contributed by atoms with Gasteiger partial charge in [-0.05, 0) is 61.1 Å². The van der Waals surface area contributed by atoms with Crippen molar-refractivity contribution >= 4 is 20.4 Å². The molecule has 158 valence electrons. The zero-order valence-corrected chi connectivity index (χ0v) is 20.2. The van der Waals surface area contributed by atoms with Gasteiger partial charge in [0.1, 0.15) is 0 Å². The van der Waals surface area contributed by atoms with Crippen LogP contribution in [0.25, 0.3) is 0 Å². The minimum absolute atomic E-state index is 0.319. The van der Waals surface area contributed by atoms with Crippen LogP contribution in [0.2, 0.25) is 23.2 Å². The fraction of sp³-hybridized carbons (Fsp3) is 0.769. The molecule has 0 aromatic heterocycles. The quantitative estimate of drug-likeness (QED) is 0.263. The molecule has 1 aromatic rings. The van der Waals surface area contributed by atoms with Gasteiger partial charge in [0.25, 0.3) is 0 Å². The predicted molar refractivity (Wildman–Crippen MR) is 128 cm³/mol. The van der Waals surface area contributed by atoms with Crippen LogP contribution in [0.3, 0.4) is 0 Å². The fourth-order valence-electron chi connectivity index (χ4n) is 5.99. The summed E-state index contributed by atoms with van der Waals surface area (Å²) in [6, 6.07) is 13.4. The lowest BCUT2D eigenvalue weighted by Gasteiger charge is -2.37. The van der Waals surface area contributed by atoms with Gasteiger partial charge in [0.15, 0.2) is 0 Å². The van der Waals surface area contributed by atoms with Crippen molar-refractivity contribution in [2.75, 3.05) is 0 Å². The highest BCUT2D eigenvalue weighted by Gasteiger charge is 2.30. The smallest absolute Gasteiger partial charge is 0.0406 e. The van der Waals surface area contributed by atoms with Crippen molar-refractivity contribution in [1.82, 2.24) is 0 Å². The summed E-state index contributed by atoms with van der Waals surface area (Å²) in [4.78, 5) is 0. The molecule has 0 unspecified atom stereocenters. The molecule has 0 nitrogen and oxygen atoms in total. The number of aryl methyl sites for hydroxylation is 1. The Morgan fingerprint density at radius 3 is 2.18 bits per heavy atom. The molecule has 0 spiro atoms. The van der Waals surface area contributed by atoms with Crippen molar-refractivity contribution < 1.29 is 0 Å². The summed E-state index contributed by atoms with van der Waals surface area (Å²) < 4.78 is 0. The lowest BCUT2D eigenvalue weighted by molar-refractivity contribution is 0.184. The molecule has 2 fully saturated rings. The van der Waals surface area contributed by atoms with Crippen LogP contribution in [-0.4, -0.2) is 8.80 Å². The van der Waals surface area contributed by atoms with Crippen molar-refractivity contribution in [3.63, 3.8) is 0 Å². The van der Waals surface area contributed by atoms with Crippen LogP contribution >= 0.6 is 11.6 Å². The molecule has 1 aliphatic heterocycles. The van der Waals surface area contributed by atoms with Crippen LogP contribution in [0, 0.1) is 17.8 Å². The maximum atomic E-state index is 5.98. The summed E-state index contributed by atoms with van der Waals surface area (Å²) in [7, 11) is -0.319. The summed E-state index contributed by atoms with van der Waals surface area (Å²) in [6.45, 7) is 2.34. The molecule has 3 rings (SSSR count). The second-order valence-electron chi connectivity index (χ2n) is 9.93. The summed E-state index contributed by atoms with van der Waals surface area (Å²) in [5.74, 6) is 3.23. The maximum Gasteiger partial charge on any atom is 0.0406 e. The van der Waals surface area contributed by atoms with E-state index >= 15 is 0 Å². The highest BCUT2D eigenvalue weighted by atomic mass is 35.5. The van der Waals surface area contributed by atoms with Crippen molar-refractivity contribution in [3.8, 4) is 0 Å². The van der Waals surface area contributed by atoms with E-state index in [1.807, 2.05) is 12.1 Å². The first kappa shape index (κ1) is 22.4. The first-order valence-electron chi connectivity index (χ1n) is 12.5. The highest BCUT2D eigenvalue weighted by Crippen LogP contribution is 2.42. The van der Waals surface area contributed by atoms with Gasteiger partial charge < -0.3 is 0 Å². The molecule has 0 radical (unpaired) electrons. The van der Waals surface area contributed by atoms with Gasteiger partial charge in [-0.15, -0.1) is 0 Å². The Kier molecular flexibility index (Phi) is 9.95. The zero-order valence-electron chi connectivity index (χ0n) is 18.3. The SMILES string of the molecule is CCCCC[SiH]1CCC([C@H]2CC[C@H](CCCCc3ccc(Cl)cc3)CC2)CC1. The number of hydrogen-bond donors (Lipinski definition) is 0. The van der Waals surface area contributed by atoms with Gasteiger partial charge in [0.2, 0.25) is 0 Å². The van der Waals surface area contributed by atoms with Crippen molar-refractivity contribution in [2.45, 2.75) is 109 Å². The van der Waals surface area contributed by atoms with E-state index in [1.165, 1.54) is 56.9 Å². The average molecular weight is 419 g/mol. The van der Waals surface area contributed by atoms with Crippen molar-refractivity contribution in [3.05, 3.63) is 34.9 Å². The normalized spacial score (nSPS) is 28.4. The van der Waals surface area contributed by atoms with Gasteiger partial charge >= 0.3 is 0 Å². The molecule has 2 heteroatoms. The first-order valence-corrected chi connectivity index (χ1v) is 15.3. The van der Waals surface area contributed by atoms with Gasteiger partial charge in [-0.3, -0.25) is 0 Å². The second kappa shape index (κ2) is 12.4. The largest absolute Gasteiger partial charge is 0.0843 e. The summed E-state index contributed by atoms with van der Waals surface area (Å²) in [5.41, 5.74) is 1.45. The van der Waals surface area contributed by atoms with E-state index in [9.17, 15) is 0 Å². The van der Waals surface area contributed by atoms with Gasteiger partial charge in [0, 0.05) is 13.8 Å². The Morgan fingerprint density at radius 1 is 0.821 bits per heavy atom. The van der Waals surface area contributed by atoms with E-state index in [0.29, 0.717) is 0 Å². The third-order valence-corrected chi connectivity index (χ3v) is 11.7. The number of benzene rings is 1. The third kappa shape index (κ3) is 7.52. The predicted octanol–water partition coefficient (Wildman–Crippen LogP) is 8.69. The Bertz CT molecular complexity index is 524. The Morgan fingerprint density at radius 2 is 1.50 bits per heavy atom. The van der Waals surface area contributed by atoms with E-state index in [4.69, 9.17) is 11.6 Å². The first-order chi connectivity index (χ1) is 13.7. The monoisotopic (exact) mass is 418 g/mol. The Hall–Kier alpha value is -0.273. The van der Waals surface area contributed by atoms with Gasteiger partial charge in [-0.1, -0.05) is 107 Å². The third-order valence-electron chi connectivity index (χ3n) is 7.91. The molecular formula is C26H43ClSi. The molecule has 28 heavy (non-hydrogen) atoms. The molecule has 1 heterocycles. The standard InChI is InChI=1S/C26H43ClSi/c1-2-3-6-19-28-20-17-25(18-21-28)24-13-9-22(10-14-24)7-4-5-8-23-11-15-26(27)16-12-23/h11-12,15-16,22,24-25,28H,2-10,13-14,17-21H2,1H3/t22-,24-,25?,28?. The van der Waals surface area contributed by atoms with Gasteiger partial charge in [0.05, 0.1) is 0 Å². The number of halogens is 1. The van der Waals surface area contributed by atoms with E-state index in [-0.39, 0.29) is 8.80 Å². The van der Waals surface area contributed by atoms with Crippen LogP contribution in [-0.2, 0) is 6.42 Å². The van der Waals surface area contributed by atoms with Gasteiger partial charge in [-0.25, -0.2) is 0 Å². The zero-order chi connectivity index (χ0) is 19.6. The molecule has 1 aromatic carbocycles. The van der Waals surface area contributed by atoms with Crippen LogP contribution < -0.4 is 0 Å². The minimum atomic E-state index is -0.319. The highest BCUT2D eigenvalue weighted by molar-refractivity contribution is 6.58. The molecule has 2 aliphatic rings. The van der Waals surface area contributed by atoms with Crippen molar-refractivity contribution in [1.29, 1.82) is 0 Å². The Labute approximate surface area is 181 Å². The second-order valence-corrected chi connectivity index (χ2v) is 13.8. The molecule has 1 saturated heterocycles. The molecule has 1 saturated carbocycles. The molecule has 0 atom stereocenters. The molecule has 1 aliphatic carbocycles. The lowest BCUT2D eigenvalue weighted by atomic mass is 9.73. The van der Waals surface area contributed by atoms with E-state index in [2.05, 4.69) is 19.1 Å². The number of rotatable bonds is 10. The molecule has 0 bridgehead atoms. The minimum Gasteiger partial charge on any atom is -0.0843 e. The molecule has 0 amide bonds. The topological polar surface area (TPSA) is 0 Å². The molecular weight excluding hydrogens is 376 g/mol. The Balaban J connectivity index is 1.25. The summed E-state index contributed by atoms with van der Waals surface area (Å²) >= 11 is 5.98. The van der Waals surface area contributed by atoms with Crippen LogP contribution in [0.1, 0.15) is 89.5 Å². The summed E-state index contributed by atoms with van der Waals surface area (Å²) in [5, 5.41) is 0.854. The van der Waals surface area contributed by atoms with E-state index < -0.39 is 0 Å². The lowest BCUT2D eigenvalue weighted by Crippen LogP contribution is -2.28. The van der Waals surface area contributed by atoms with Crippen LogP contribution in [0.5, 0.6) is 0 Å². The summed E-state index contributed by atoms with van der Waals surface area (Å²) in [6.07, 6.45) is 19.2. The van der Waals surface area contributed by atoms with E-state index in [1.54, 1.807) is 50.2 Å². The van der Waals surface area contributed by atoms with E-state index in [0.717, 1.165) is 22.8 Å². The number of hydrogen-bond acceptors (Lipinski definition) is 0. The van der Waals surface area contributed by atoms with Crippen LogP contribution in [0.15, 0.2) is 24.3 Å². The van der Waals surface area contributed by atoms with Crippen LogP contribution in [0.4, 0.5) is 0 Å². The maximum absolute atomic E-state index is 5.98. The van der Waals surface area contributed by atoms with Gasteiger partial charge in [-0.2, -0.15) is 0 Å². The molecule has 0 N–H and O–H groups in total.